The Kier molecular flexibility index (Phi) is 4.09. The van der Waals surface area contributed by atoms with Crippen LogP contribution in [0.15, 0.2) is 18.2 Å². The fourth-order valence-electron chi connectivity index (χ4n) is 1.27. The Morgan fingerprint density at radius 3 is 2.47 bits per heavy atom. The molecule has 17 heavy (non-hydrogen) atoms. The van der Waals surface area contributed by atoms with Crippen LogP contribution < -0.4 is 5.73 Å². The van der Waals surface area contributed by atoms with Gasteiger partial charge in [0, 0.05) is 18.1 Å². The van der Waals surface area contributed by atoms with Gasteiger partial charge in [0.1, 0.15) is 11.6 Å². The summed E-state index contributed by atoms with van der Waals surface area (Å²) in [6.45, 7) is 1.19. The van der Waals surface area contributed by atoms with E-state index in [0.29, 0.717) is 6.07 Å². The lowest BCUT2D eigenvalue weighted by atomic mass is 10.1. The summed E-state index contributed by atoms with van der Waals surface area (Å²) in [6, 6.07) is 1.74. The molecular weight excluding hydrogens is 228 g/mol. The van der Waals surface area contributed by atoms with Crippen molar-refractivity contribution >= 4 is 17.8 Å². The van der Waals surface area contributed by atoms with E-state index in [0.717, 1.165) is 6.07 Å². The molecule has 90 valence electrons. The maximum Gasteiger partial charge on any atom is 0.221 e. The predicted octanol–water partition coefficient (Wildman–Crippen LogP) is 2.06. The lowest BCUT2D eigenvalue weighted by molar-refractivity contribution is -0.117. The van der Waals surface area contributed by atoms with Crippen molar-refractivity contribution in [1.82, 2.24) is 0 Å². The van der Waals surface area contributed by atoms with Gasteiger partial charge in [-0.15, -0.1) is 0 Å². The van der Waals surface area contributed by atoms with Gasteiger partial charge in [-0.3, -0.25) is 9.59 Å². The number of halogens is 2. The number of Topliss-reactive ketones (excluding diaryl/α,β-unsaturated/α-hetero) is 1. The van der Waals surface area contributed by atoms with E-state index in [1.54, 1.807) is 0 Å². The first-order valence-corrected chi connectivity index (χ1v) is 4.86. The van der Waals surface area contributed by atoms with Gasteiger partial charge in [-0.05, 0) is 13.0 Å². The number of benzene rings is 1. The van der Waals surface area contributed by atoms with Crippen LogP contribution in [0.1, 0.15) is 29.3 Å². The molecule has 0 spiro atoms. The molecule has 1 amide bonds. The second kappa shape index (κ2) is 5.34. The van der Waals surface area contributed by atoms with Crippen LogP contribution >= 0.6 is 0 Å². The number of amides is 1. The van der Waals surface area contributed by atoms with Gasteiger partial charge < -0.3 is 5.73 Å². The Labute approximate surface area is 96.9 Å². The van der Waals surface area contributed by atoms with E-state index in [4.69, 9.17) is 5.73 Å². The molecule has 0 aliphatic carbocycles. The summed E-state index contributed by atoms with van der Waals surface area (Å²) in [4.78, 5) is 21.5. The minimum atomic E-state index is -0.901. The smallest absolute Gasteiger partial charge is 0.221 e. The molecule has 5 heteroatoms. The van der Waals surface area contributed by atoms with Gasteiger partial charge in [0.15, 0.2) is 5.78 Å². The Balaban J connectivity index is 3.07. The Hall–Kier alpha value is -2.04. The number of carbonyl (C=O) groups is 2. The van der Waals surface area contributed by atoms with E-state index < -0.39 is 23.3 Å². The van der Waals surface area contributed by atoms with Gasteiger partial charge in [-0.1, -0.05) is 12.2 Å². The molecule has 1 aromatic rings. The average Bonchev–Trinajstić information content (AvgIpc) is 2.20. The standard InChI is InChI=1S/C12H11F2NO2/c1-7(16)9-5-8(3-2-4-12(15)17)10(13)6-11(9)14/h2-3,5-6H,4H2,1H3,(H2,15,17). The summed E-state index contributed by atoms with van der Waals surface area (Å²) in [7, 11) is 0. The fraction of sp³-hybridized carbons (Fsp3) is 0.167. The third-order valence-electron chi connectivity index (χ3n) is 2.08. The number of hydrogen-bond acceptors (Lipinski definition) is 2. The summed E-state index contributed by atoms with van der Waals surface area (Å²) < 4.78 is 26.5. The molecule has 0 aliphatic heterocycles. The van der Waals surface area contributed by atoms with Crippen molar-refractivity contribution in [2.75, 3.05) is 0 Å². The Bertz CT molecular complexity index is 496. The summed E-state index contributed by atoms with van der Waals surface area (Å²) in [5.41, 5.74) is 4.75. The van der Waals surface area contributed by atoms with Crippen LogP contribution in [-0.4, -0.2) is 11.7 Å². The molecule has 0 radical (unpaired) electrons. The summed E-state index contributed by atoms with van der Waals surface area (Å²) in [5, 5.41) is 0. The van der Waals surface area contributed by atoms with Crippen molar-refractivity contribution in [3.63, 3.8) is 0 Å². The van der Waals surface area contributed by atoms with Gasteiger partial charge in [0.05, 0.1) is 5.56 Å². The molecule has 0 bridgehead atoms. The number of carbonyl (C=O) groups excluding carboxylic acids is 2. The van der Waals surface area contributed by atoms with Crippen molar-refractivity contribution < 1.29 is 18.4 Å². The highest BCUT2D eigenvalue weighted by molar-refractivity contribution is 5.95. The van der Waals surface area contributed by atoms with Crippen molar-refractivity contribution in [2.45, 2.75) is 13.3 Å². The highest BCUT2D eigenvalue weighted by atomic mass is 19.1. The molecule has 1 aromatic carbocycles. The fourth-order valence-corrected chi connectivity index (χ4v) is 1.27. The predicted molar refractivity (Wildman–Crippen MR) is 59.2 cm³/mol. The molecule has 0 aromatic heterocycles. The maximum absolute atomic E-state index is 13.3. The van der Waals surface area contributed by atoms with Gasteiger partial charge >= 0.3 is 0 Å². The molecule has 0 saturated carbocycles. The third kappa shape index (κ3) is 3.48. The van der Waals surface area contributed by atoms with Gasteiger partial charge in [0.2, 0.25) is 5.91 Å². The van der Waals surface area contributed by atoms with E-state index in [1.807, 2.05) is 0 Å². The van der Waals surface area contributed by atoms with Gasteiger partial charge in [-0.2, -0.15) is 0 Å². The van der Waals surface area contributed by atoms with Crippen LogP contribution in [0.3, 0.4) is 0 Å². The topological polar surface area (TPSA) is 60.2 Å². The quantitative estimate of drug-likeness (QED) is 0.817. The Morgan fingerprint density at radius 2 is 1.94 bits per heavy atom. The Morgan fingerprint density at radius 1 is 1.29 bits per heavy atom. The van der Waals surface area contributed by atoms with Crippen LogP contribution in [0.4, 0.5) is 8.78 Å². The second-order valence-corrected chi connectivity index (χ2v) is 3.48. The van der Waals surface area contributed by atoms with E-state index in [-0.39, 0.29) is 17.5 Å². The van der Waals surface area contributed by atoms with Crippen molar-refractivity contribution in [1.29, 1.82) is 0 Å². The number of rotatable bonds is 4. The first-order chi connectivity index (χ1) is 7.91. The molecule has 0 fully saturated rings. The van der Waals surface area contributed by atoms with Crippen molar-refractivity contribution in [3.8, 4) is 0 Å². The van der Waals surface area contributed by atoms with Crippen molar-refractivity contribution in [2.24, 2.45) is 5.73 Å². The maximum atomic E-state index is 13.3. The average molecular weight is 239 g/mol. The molecule has 1 rings (SSSR count). The summed E-state index contributed by atoms with van der Waals surface area (Å²) >= 11 is 0. The molecule has 0 heterocycles. The minimum Gasteiger partial charge on any atom is -0.369 e. The van der Waals surface area contributed by atoms with Gasteiger partial charge in [-0.25, -0.2) is 8.78 Å². The van der Waals surface area contributed by atoms with Crippen LogP contribution in [0.5, 0.6) is 0 Å². The van der Waals surface area contributed by atoms with E-state index in [1.165, 1.54) is 19.1 Å². The normalized spacial score (nSPS) is 10.8. The molecule has 0 aliphatic rings. The van der Waals surface area contributed by atoms with Crippen LogP contribution in [-0.2, 0) is 4.79 Å². The van der Waals surface area contributed by atoms with Crippen LogP contribution in [0.2, 0.25) is 0 Å². The van der Waals surface area contributed by atoms with Crippen LogP contribution in [0, 0.1) is 11.6 Å². The monoisotopic (exact) mass is 239 g/mol. The highest BCUT2D eigenvalue weighted by Crippen LogP contribution is 2.17. The van der Waals surface area contributed by atoms with E-state index in [9.17, 15) is 18.4 Å². The van der Waals surface area contributed by atoms with Crippen molar-refractivity contribution in [3.05, 3.63) is 41.0 Å². The molecule has 2 N–H and O–H groups in total. The minimum absolute atomic E-state index is 0.0397. The number of hydrogen-bond donors (Lipinski definition) is 1. The highest BCUT2D eigenvalue weighted by Gasteiger charge is 2.11. The molecule has 0 unspecified atom stereocenters. The lowest BCUT2D eigenvalue weighted by Gasteiger charge is -2.02. The molecular formula is C12H11F2NO2. The number of primary amides is 1. The second-order valence-electron chi connectivity index (χ2n) is 3.48. The first-order valence-electron chi connectivity index (χ1n) is 4.86. The number of nitrogens with two attached hydrogens (primary N) is 1. The third-order valence-corrected chi connectivity index (χ3v) is 2.08. The molecule has 0 saturated heterocycles. The lowest BCUT2D eigenvalue weighted by Crippen LogP contribution is -2.08. The first kappa shape index (κ1) is 13.0. The summed E-state index contributed by atoms with van der Waals surface area (Å²) in [5.74, 6) is -2.75. The van der Waals surface area contributed by atoms with E-state index >= 15 is 0 Å². The zero-order valence-corrected chi connectivity index (χ0v) is 9.17. The largest absolute Gasteiger partial charge is 0.369 e. The molecule has 3 nitrogen and oxygen atoms in total. The zero-order valence-electron chi connectivity index (χ0n) is 9.17. The SMILES string of the molecule is CC(=O)c1cc(C=CCC(N)=O)c(F)cc1F. The van der Waals surface area contributed by atoms with Crippen LogP contribution in [0.25, 0.3) is 6.08 Å². The van der Waals surface area contributed by atoms with Gasteiger partial charge in [0.25, 0.3) is 0 Å². The zero-order chi connectivity index (χ0) is 13.0. The summed E-state index contributed by atoms with van der Waals surface area (Å²) in [6.07, 6.45) is 2.58. The molecule has 0 atom stereocenters. The number of ketones is 1. The van der Waals surface area contributed by atoms with E-state index in [2.05, 4.69) is 0 Å².